The molecule has 24 heavy (non-hydrogen) atoms. The van der Waals surface area contributed by atoms with Gasteiger partial charge in [0.2, 0.25) is 0 Å². The molecule has 0 bridgehead atoms. The molecule has 0 saturated heterocycles. The summed E-state index contributed by atoms with van der Waals surface area (Å²) >= 11 is 0. The summed E-state index contributed by atoms with van der Waals surface area (Å²) in [6, 6.07) is 9.95. The first kappa shape index (κ1) is 17.7. The van der Waals surface area contributed by atoms with E-state index in [1.54, 1.807) is 24.3 Å². The van der Waals surface area contributed by atoms with Crippen LogP contribution in [0, 0.1) is 0 Å². The van der Waals surface area contributed by atoms with E-state index in [2.05, 4.69) is 10.1 Å². The lowest BCUT2D eigenvalue weighted by Gasteiger charge is -2.12. The van der Waals surface area contributed by atoms with E-state index >= 15 is 0 Å². The Morgan fingerprint density at radius 3 is 2.42 bits per heavy atom. The highest BCUT2D eigenvalue weighted by atomic mass is 19.3. The Balaban J connectivity index is 2.12. The lowest BCUT2D eigenvalue weighted by atomic mass is 10.1. The monoisotopic (exact) mass is 337 g/mol. The summed E-state index contributed by atoms with van der Waals surface area (Å²) in [6.45, 7) is -2.78. The van der Waals surface area contributed by atoms with E-state index in [4.69, 9.17) is 5.11 Å². The van der Waals surface area contributed by atoms with Crippen molar-refractivity contribution in [2.24, 2.45) is 0 Å². The zero-order chi connectivity index (χ0) is 17.5. The number of carbonyl (C=O) groups is 2. The molecule has 5 nitrogen and oxygen atoms in total. The van der Waals surface area contributed by atoms with E-state index in [-0.39, 0.29) is 24.3 Å². The second kappa shape index (κ2) is 8.24. The summed E-state index contributed by atoms with van der Waals surface area (Å²) in [4.78, 5) is 22.7. The quantitative estimate of drug-likeness (QED) is 0.724. The number of benzene rings is 2. The first-order valence-corrected chi connectivity index (χ1v) is 7.45. The van der Waals surface area contributed by atoms with Gasteiger partial charge >= 0.3 is 12.6 Å². The van der Waals surface area contributed by atoms with Crippen LogP contribution in [0.2, 0.25) is 0 Å². The fraction of sp³-hybridized carbons (Fsp3) is 0.294. The molecule has 2 aromatic carbocycles. The number of nitrogens with one attached hydrogen (secondary N) is 1. The van der Waals surface area contributed by atoms with Crippen molar-refractivity contribution >= 4 is 22.6 Å². The van der Waals surface area contributed by atoms with Gasteiger partial charge in [0.25, 0.3) is 5.91 Å². The van der Waals surface area contributed by atoms with Gasteiger partial charge in [-0.15, -0.1) is 0 Å². The number of halogens is 2. The maximum Gasteiger partial charge on any atom is 0.387 e. The molecule has 0 heterocycles. The van der Waals surface area contributed by atoms with Crippen molar-refractivity contribution in [2.45, 2.75) is 25.9 Å². The van der Waals surface area contributed by atoms with Crippen molar-refractivity contribution in [2.75, 3.05) is 6.54 Å². The maximum atomic E-state index is 12.6. The number of unbranched alkanes of at least 4 members (excludes halogenated alkanes) is 1. The van der Waals surface area contributed by atoms with E-state index < -0.39 is 18.5 Å². The summed E-state index contributed by atoms with van der Waals surface area (Å²) in [5.41, 5.74) is 0.0206. The number of ether oxygens (including phenoxy) is 1. The highest BCUT2D eigenvalue weighted by Crippen LogP contribution is 2.27. The van der Waals surface area contributed by atoms with E-state index in [1.807, 2.05) is 0 Å². The average molecular weight is 337 g/mol. The van der Waals surface area contributed by atoms with E-state index in [9.17, 15) is 18.4 Å². The van der Waals surface area contributed by atoms with Crippen LogP contribution in [0.5, 0.6) is 5.75 Å². The number of aliphatic carboxylic acids is 1. The maximum absolute atomic E-state index is 12.6. The molecule has 1 amide bonds. The number of carboxylic acids is 1. The Kier molecular flexibility index (Phi) is 6.06. The van der Waals surface area contributed by atoms with Gasteiger partial charge in [0, 0.05) is 13.0 Å². The van der Waals surface area contributed by atoms with Gasteiger partial charge in [0.1, 0.15) is 5.75 Å². The zero-order valence-electron chi connectivity index (χ0n) is 12.8. The third-order valence-corrected chi connectivity index (χ3v) is 3.41. The molecule has 7 heteroatoms. The predicted octanol–water partition coefficient (Wildman–Crippen LogP) is 3.43. The SMILES string of the molecule is O=C(O)CCCCNC(=O)c1cc2ccccc2cc1OC(F)F. The molecule has 0 radical (unpaired) electrons. The van der Waals surface area contributed by atoms with Crippen LogP contribution < -0.4 is 10.1 Å². The van der Waals surface area contributed by atoms with Gasteiger partial charge < -0.3 is 15.2 Å². The smallest absolute Gasteiger partial charge is 0.387 e. The molecule has 2 N–H and O–H groups in total. The molecule has 0 aliphatic heterocycles. The summed E-state index contributed by atoms with van der Waals surface area (Å²) in [5, 5.41) is 12.6. The normalized spacial score (nSPS) is 10.8. The molecule has 0 fully saturated rings. The fourth-order valence-electron chi connectivity index (χ4n) is 2.29. The Morgan fingerprint density at radius 2 is 1.79 bits per heavy atom. The topological polar surface area (TPSA) is 75.6 Å². The molecular formula is C17H17F2NO4. The van der Waals surface area contributed by atoms with Crippen LogP contribution in [0.3, 0.4) is 0 Å². The van der Waals surface area contributed by atoms with E-state index in [1.165, 1.54) is 12.1 Å². The van der Waals surface area contributed by atoms with Gasteiger partial charge in [0.05, 0.1) is 5.56 Å². The molecule has 0 aliphatic carbocycles. The molecule has 0 atom stereocenters. The van der Waals surface area contributed by atoms with Gasteiger partial charge in [-0.25, -0.2) is 0 Å². The van der Waals surface area contributed by atoms with Crippen LogP contribution in [0.15, 0.2) is 36.4 Å². The minimum absolute atomic E-state index is 0.0194. The van der Waals surface area contributed by atoms with Gasteiger partial charge in [-0.1, -0.05) is 24.3 Å². The standard InChI is InChI=1S/C17H17F2NO4/c18-17(19)24-14-10-12-6-2-1-5-11(12)9-13(14)16(23)20-8-4-3-7-15(21)22/h1-2,5-6,9-10,17H,3-4,7-8H2,(H,20,23)(H,21,22). The third kappa shape index (κ3) is 4.91. The third-order valence-electron chi connectivity index (χ3n) is 3.41. The number of amides is 1. The van der Waals surface area contributed by atoms with Crippen LogP contribution in [-0.2, 0) is 4.79 Å². The van der Waals surface area contributed by atoms with Gasteiger partial charge in [-0.05, 0) is 35.7 Å². The lowest BCUT2D eigenvalue weighted by Crippen LogP contribution is -2.25. The molecule has 128 valence electrons. The van der Waals surface area contributed by atoms with Crippen LogP contribution in [-0.4, -0.2) is 30.1 Å². The molecule has 2 rings (SSSR count). The average Bonchev–Trinajstić information content (AvgIpc) is 2.52. The van der Waals surface area contributed by atoms with Gasteiger partial charge in [0.15, 0.2) is 0 Å². The minimum atomic E-state index is -3.03. The summed E-state index contributed by atoms with van der Waals surface area (Å²) in [6.07, 6.45) is 0.927. The molecule has 2 aromatic rings. The fourth-order valence-corrected chi connectivity index (χ4v) is 2.29. The molecule has 0 unspecified atom stereocenters. The number of hydrogen-bond acceptors (Lipinski definition) is 3. The van der Waals surface area contributed by atoms with Gasteiger partial charge in [-0.3, -0.25) is 9.59 Å². The van der Waals surface area contributed by atoms with E-state index in [0.717, 1.165) is 5.39 Å². The minimum Gasteiger partial charge on any atom is -0.481 e. The number of hydrogen-bond donors (Lipinski definition) is 2. The van der Waals surface area contributed by atoms with Crippen molar-refractivity contribution in [1.82, 2.24) is 5.32 Å². The molecule has 0 aromatic heterocycles. The Hall–Kier alpha value is -2.70. The van der Waals surface area contributed by atoms with Gasteiger partial charge in [-0.2, -0.15) is 8.78 Å². The van der Waals surface area contributed by atoms with Crippen molar-refractivity contribution < 1.29 is 28.2 Å². The number of carboxylic acid groups (broad SMARTS) is 1. The Morgan fingerprint density at radius 1 is 1.12 bits per heavy atom. The molecular weight excluding hydrogens is 320 g/mol. The first-order valence-electron chi connectivity index (χ1n) is 7.45. The largest absolute Gasteiger partial charge is 0.481 e. The Labute approximate surface area is 137 Å². The number of carbonyl (C=O) groups excluding carboxylic acids is 1. The van der Waals surface area contributed by atoms with Crippen molar-refractivity contribution in [3.05, 3.63) is 42.0 Å². The number of rotatable bonds is 8. The second-order valence-electron chi connectivity index (χ2n) is 5.18. The van der Waals surface area contributed by atoms with Crippen LogP contribution in [0.4, 0.5) is 8.78 Å². The van der Waals surface area contributed by atoms with Crippen LogP contribution in [0.1, 0.15) is 29.6 Å². The zero-order valence-corrected chi connectivity index (χ0v) is 12.8. The summed E-state index contributed by atoms with van der Waals surface area (Å²) < 4.78 is 29.6. The first-order chi connectivity index (χ1) is 11.5. The Bertz CT molecular complexity index is 734. The van der Waals surface area contributed by atoms with Crippen molar-refractivity contribution in [3.63, 3.8) is 0 Å². The predicted molar refractivity (Wildman–Crippen MR) is 84.4 cm³/mol. The molecule has 0 aliphatic rings. The number of fused-ring (bicyclic) bond motifs is 1. The highest BCUT2D eigenvalue weighted by molar-refractivity contribution is 6.01. The highest BCUT2D eigenvalue weighted by Gasteiger charge is 2.17. The summed E-state index contributed by atoms with van der Waals surface area (Å²) in [5.74, 6) is -1.62. The van der Waals surface area contributed by atoms with Crippen molar-refractivity contribution in [1.29, 1.82) is 0 Å². The van der Waals surface area contributed by atoms with E-state index in [0.29, 0.717) is 18.2 Å². The second-order valence-corrected chi connectivity index (χ2v) is 5.18. The van der Waals surface area contributed by atoms with Crippen LogP contribution >= 0.6 is 0 Å². The lowest BCUT2D eigenvalue weighted by molar-refractivity contribution is -0.137. The number of alkyl halides is 2. The summed E-state index contributed by atoms with van der Waals surface area (Å²) in [7, 11) is 0. The van der Waals surface area contributed by atoms with Crippen LogP contribution in [0.25, 0.3) is 10.8 Å². The van der Waals surface area contributed by atoms with Crippen molar-refractivity contribution in [3.8, 4) is 5.75 Å². The molecule has 0 spiro atoms. The molecule has 0 saturated carbocycles.